The van der Waals surface area contributed by atoms with Gasteiger partial charge in [-0.05, 0) is 11.8 Å². The monoisotopic (exact) mass is 170 g/mol. The minimum atomic E-state index is 0.954. The average Bonchev–Trinajstić information content (AvgIpc) is 2.07. The predicted octanol–water partition coefficient (Wildman–Crippen LogP) is 4.64. The fourth-order valence-electron chi connectivity index (χ4n) is 1.85. The number of hydrogen-bond donors (Lipinski definition) is 0. The summed E-state index contributed by atoms with van der Waals surface area (Å²) in [4.78, 5) is 0. The molecule has 0 N–H and O–H groups in total. The maximum atomic E-state index is 2.39. The van der Waals surface area contributed by atoms with Gasteiger partial charge in [0.2, 0.25) is 0 Å². The van der Waals surface area contributed by atoms with E-state index < -0.39 is 0 Å². The van der Waals surface area contributed by atoms with E-state index in [0.717, 1.165) is 11.8 Å². The largest absolute Gasteiger partial charge is 0.0654 e. The van der Waals surface area contributed by atoms with Gasteiger partial charge in [-0.2, -0.15) is 0 Å². The first-order chi connectivity index (χ1) is 5.74. The minimum absolute atomic E-state index is 0.954. The maximum Gasteiger partial charge on any atom is -0.0419 e. The Morgan fingerprint density at radius 2 is 1.42 bits per heavy atom. The topological polar surface area (TPSA) is 0 Å². The van der Waals surface area contributed by atoms with Crippen LogP contribution in [0.4, 0.5) is 0 Å². The molecule has 1 unspecified atom stereocenters. The molecule has 0 aliphatic carbocycles. The molecule has 0 fully saturated rings. The van der Waals surface area contributed by atoms with Crippen molar-refractivity contribution >= 4 is 0 Å². The summed E-state index contributed by atoms with van der Waals surface area (Å²) in [5.74, 6) is 1.94. The first kappa shape index (κ1) is 12.0. The molecule has 0 saturated heterocycles. The zero-order valence-corrected chi connectivity index (χ0v) is 9.40. The third-order valence-electron chi connectivity index (χ3n) is 3.00. The molecule has 0 aromatic heterocycles. The summed E-state index contributed by atoms with van der Waals surface area (Å²) in [6.45, 7) is 9.32. The minimum Gasteiger partial charge on any atom is -0.0654 e. The van der Waals surface area contributed by atoms with Crippen LogP contribution in [-0.4, -0.2) is 0 Å². The molecule has 1 atom stereocenters. The molecule has 0 aromatic rings. The van der Waals surface area contributed by atoms with Crippen molar-refractivity contribution in [2.24, 2.45) is 11.8 Å². The van der Waals surface area contributed by atoms with Crippen LogP contribution in [0.5, 0.6) is 0 Å². The van der Waals surface area contributed by atoms with Crippen molar-refractivity contribution < 1.29 is 0 Å². The van der Waals surface area contributed by atoms with Crippen molar-refractivity contribution in [3.8, 4) is 0 Å². The first-order valence-electron chi connectivity index (χ1n) is 5.74. The summed E-state index contributed by atoms with van der Waals surface area (Å²) < 4.78 is 0. The van der Waals surface area contributed by atoms with Gasteiger partial charge < -0.3 is 0 Å². The molecule has 12 heavy (non-hydrogen) atoms. The Morgan fingerprint density at radius 1 is 0.833 bits per heavy atom. The molecule has 0 heterocycles. The quantitative estimate of drug-likeness (QED) is 0.522. The molecule has 0 amide bonds. The van der Waals surface area contributed by atoms with Crippen molar-refractivity contribution in [1.29, 1.82) is 0 Å². The lowest BCUT2D eigenvalue weighted by molar-refractivity contribution is 0.377. The molecule has 74 valence electrons. The van der Waals surface area contributed by atoms with Crippen LogP contribution in [-0.2, 0) is 0 Å². The zero-order valence-electron chi connectivity index (χ0n) is 9.40. The second-order valence-corrected chi connectivity index (χ2v) is 4.15. The summed E-state index contributed by atoms with van der Waals surface area (Å²) in [7, 11) is 0. The van der Waals surface area contributed by atoms with Gasteiger partial charge in [0.25, 0.3) is 0 Å². The lowest BCUT2D eigenvalue weighted by Gasteiger charge is -2.15. The van der Waals surface area contributed by atoms with E-state index in [9.17, 15) is 0 Å². The van der Waals surface area contributed by atoms with Gasteiger partial charge in [0.05, 0.1) is 0 Å². The molecule has 0 aromatic carbocycles. The standard InChI is InChI=1S/C12H26/c1-5-8-11(4)9-10-12(6-2)7-3/h11-12H,5-10H2,1-4H3. The van der Waals surface area contributed by atoms with E-state index in [4.69, 9.17) is 0 Å². The third-order valence-corrected chi connectivity index (χ3v) is 3.00. The average molecular weight is 170 g/mol. The Morgan fingerprint density at radius 3 is 1.83 bits per heavy atom. The predicted molar refractivity (Wildman–Crippen MR) is 57.4 cm³/mol. The molecular formula is C12H26. The molecule has 0 rings (SSSR count). The van der Waals surface area contributed by atoms with Gasteiger partial charge in [0, 0.05) is 0 Å². The molecule has 0 aliphatic heterocycles. The van der Waals surface area contributed by atoms with Crippen LogP contribution in [0, 0.1) is 11.8 Å². The van der Waals surface area contributed by atoms with E-state index in [-0.39, 0.29) is 0 Å². The molecular weight excluding hydrogens is 144 g/mol. The second-order valence-electron chi connectivity index (χ2n) is 4.15. The van der Waals surface area contributed by atoms with Crippen molar-refractivity contribution in [2.75, 3.05) is 0 Å². The van der Waals surface area contributed by atoms with Gasteiger partial charge in [-0.15, -0.1) is 0 Å². The fourth-order valence-corrected chi connectivity index (χ4v) is 1.85. The number of hydrogen-bond acceptors (Lipinski definition) is 0. The van der Waals surface area contributed by atoms with Gasteiger partial charge in [0.1, 0.15) is 0 Å². The second kappa shape index (κ2) is 7.64. The van der Waals surface area contributed by atoms with E-state index in [0.29, 0.717) is 0 Å². The molecule has 0 aliphatic rings. The Labute approximate surface area is 78.8 Å². The normalized spacial score (nSPS) is 13.8. The van der Waals surface area contributed by atoms with Crippen molar-refractivity contribution in [1.82, 2.24) is 0 Å². The van der Waals surface area contributed by atoms with E-state index in [1.54, 1.807) is 0 Å². The third kappa shape index (κ3) is 5.62. The smallest absolute Gasteiger partial charge is 0.0419 e. The molecule has 0 radical (unpaired) electrons. The molecule has 0 nitrogen and oxygen atoms in total. The lowest BCUT2D eigenvalue weighted by Crippen LogP contribution is -2.01. The zero-order chi connectivity index (χ0) is 9.40. The fraction of sp³-hybridized carbons (Fsp3) is 1.00. The van der Waals surface area contributed by atoms with Crippen LogP contribution in [0.1, 0.15) is 66.2 Å². The van der Waals surface area contributed by atoms with E-state index in [1.165, 1.54) is 38.5 Å². The van der Waals surface area contributed by atoms with Gasteiger partial charge in [-0.3, -0.25) is 0 Å². The summed E-state index contributed by atoms with van der Waals surface area (Å²) in [5.41, 5.74) is 0. The highest BCUT2D eigenvalue weighted by Gasteiger charge is 2.06. The highest BCUT2D eigenvalue weighted by molar-refractivity contribution is 4.59. The van der Waals surface area contributed by atoms with E-state index >= 15 is 0 Å². The SMILES string of the molecule is CCCC(C)CCC(CC)CC. The highest BCUT2D eigenvalue weighted by atomic mass is 14.1. The molecule has 0 bridgehead atoms. The van der Waals surface area contributed by atoms with Crippen molar-refractivity contribution in [2.45, 2.75) is 66.2 Å². The van der Waals surface area contributed by atoms with Gasteiger partial charge in [-0.1, -0.05) is 66.2 Å². The van der Waals surface area contributed by atoms with E-state index in [1.807, 2.05) is 0 Å². The maximum absolute atomic E-state index is 2.39. The van der Waals surface area contributed by atoms with Gasteiger partial charge >= 0.3 is 0 Å². The van der Waals surface area contributed by atoms with Crippen LogP contribution in [0.15, 0.2) is 0 Å². The van der Waals surface area contributed by atoms with Crippen LogP contribution in [0.3, 0.4) is 0 Å². The Bertz CT molecular complexity index is 82.0. The summed E-state index contributed by atoms with van der Waals surface area (Å²) in [6, 6.07) is 0. The summed E-state index contributed by atoms with van der Waals surface area (Å²) >= 11 is 0. The van der Waals surface area contributed by atoms with Gasteiger partial charge in [0.15, 0.2) is 0 Å². The lowest BCUT2D eigenvalue weighted by atomic mass is 9.91. The molecule has 0 saturated carbocycles. The van der Waals surface area contributed by atoms with Crippen LogP contribution < -0.4 is 0 Å². The summed E-state index contributed by atoms with van der Waals surface area (Å²) in [6.07, 6.45) is 8.41. The Balaban J connectivity index is 3.37. The molecule has 0 spiro atoms. The van der Waals surface area contributed by atoms with Crippen LogP contribution in [0.2, 0.25) is 0 Å². The van der Waals surface area contributed by atoms with E-state index in [2.05, 4.69) is 27.7 Å². The number of rotatable bonds is 7. The van der Waals surface area contributed by atoms with Gasteiger partial charge in [-0.25, -0.2) is 0 Å². The van der Waals surface area contributed by atoms with Crippen LogP contribution in [0.25, 0.3) is 0 Å². The van der Waals surface area contributed by atoms with Crippen molar-refractivity contribution in [3.63, 3.8) is 0 Å². The summed E-state index contributed by atoms with van der Waals surface area (Å²) in [5, 5.41) is 0. The Hall–Kier alpha value is 0. The highest BCUT2D eigenvalue weighted by Crippen LogP contribution is 2.20. The van der Waals surface area contributed by atoms with Crippen LogP contribution >= 0.6 is 0 Å². The molecule has 0 heteroatoms. The van der Waals surface area contributed by atoms with Crippen molar-refractivity contribution in [3.05, 3.63) is 0 Å². The first-order valence-corrected chi connectivity index (χ1v) is 5.74. The Kier molecular flexibility index (Phi) is 7.64.